The molecule has 62 valence electrons. The quantitative estimate of drug-likeness (QED) is 0.540. The van der Waals surface area contributed by atoms with Crippen LogP contribution in [-0.2, 0) is 21.0 Å². The van der Waals surface area contributed by atoms with Crippen molar-refractivity contribution in [1.29, 1.82) is 0 Å². The fraction of sp³-hybridized carbons (Fsp3) is 1.00. The highest BCUT2D eigenvalue weighted by atomic mass is 32.2. The molecule has 0 aromatic carbocycles. The summed E-state index contributed by atoms with van der Waals surface area (Å²) in [5, 5.41) is 4.58. The summed E-state index contributed by atoms with van der Waals surface area (Å²) >= 11 is 0. The predicted molar refractivity (Wildman–Crippen MR) is 40.0 cm³/mol. The van der Waals surface area contributed by atoms with E-state index in [9.17, 15) is 12.6 Å². The number of rotatable bonds is 4. The molecule has 0 radical (unpaired) electrons. The lowest BCUT2D eigenvalue weighted by molar-refractivity contribution is 0.586. The highest BCUT2D eigenvalue weighted by molar-refractivity contribution is 7.87. The second-order valence-electron chi connectivity index (χ2n) is 1.72. The molecule has 3 N–H and O–H groups in total. The van der Waals surface area contributed by atoms with Crippen molar-refractivity contribution in [2.24, 2.45) is 5.14 Å². The van der Waals surface area contributed by atoms with Crippen LogP contribution in [0.4, 0.5) is 0 Å². The van der Waals surface area contributed by atoms with Crippen LogP contribution in [0.15, 0.2) is 0 Å². The van der Waals surface area contributed by atoms with E-state index in [2.05, 4.69) is 5.14 Å². The standard InChI is InChI=1S/C3H10N2O3S2/c1-9(6)3-2-5-10(4,7)8/h5H,2-3H2,1H3,(H2,4,7,8). The molecule has 0 bridgehead atoms. The summed E-state index contributed by atoms with van der Waals surface area (Å²) in [7, 11) is -4.59. The molecule has 10 heavy (non-hydrogen) atoms. The summed E-state index contributed by atoms with van der Waals surface area (Å²) in [5.41, 5.74) is 0. The first-order chi connectivity index (χ1) is 4.42. The van der Waals surface area contributed by atoms with Gasteiger partial charge in [-0.3, -0.25) is 4.21 Å². The average molecular weight is 186 g/mol. The van der Waals surface area contributed by atoms with E-state index in [1.54, 1.807) is 0 Å². The Balaban J connectivity index is 3.49. The van der Waals surface area contributed by atoms with E-state index in [1.807, 2.05) is 4.72 Å². The molecule has 5 nitrogen and oxygen atoms in total. The van der Waals surface area contributed by atoms with Crippen LogP contribution in [0, 0.1) is 0 Å². The molecule has 0 aliphatic carbocycles. The summed E-state index contributed by atoms with van der Waals surface area (Å²) in [6.45, 7) is 0.127. The molecule has 0 saturated heterocycles. The van der Waals surface area contributed by atoms with Crippen molar-refractivity contribution in [2.45, 2.75) is 0 Å². The smallest absolute Gasteiger partial charge is 0.260 e. The number of nitrogens with two attached hydrogens (primary N) is 1. The van der Waals surface area contributed by atoms with Crippen molar-refractivity contribution in [3.8, 4) is 0 Å². The van der Waals surface area contributed by atoms with Gasteiger partial charge >= 0.3 is 0 Å². The maximum absolute atomic E-state index is 10.4. The zero-order valence-electron chi connectivity index (χ0n) is 5.53. The molecule has 0 aliphatic rings. The first kappa shape index (κ1) is 10.0. The second kappa shape index (κ2) is 4.02. The molecule has 0 saturated carbocycles. The van der Waals surface area contributed by atoms with Gasteiger partial charge in [-0.25, -0.2) is 9.86 Å². The molecule has 0 aromatic rings. The summed E-state index contributed by atoms with van der Waals surface area (Å²) in [6.07, 6.45) is 1.49. The fourth-order valence-electron chi connectivity index (χ4n) is 0.328. The first-order valence-electron chi connectivity index (χ1n) is 2.49. The molecule has 0 aromatic heterocycles. The zero-order valence-corrected chi connectivity index (χ0v) is 7.17. The summed E-state index contributed by atoms with van der Waals surface area (Å²) in [5.74, 6) is 0.288. The lowest BCUT2D eigenvalue weighted by Gasteiger charge is -1.97. The van der Waals surface area contributed by atoms with Crippen molar-refractivity contribution < 1.29 is 12.6 Å². The van der Waals surface area contributed by atoms with Crippen LogP contribution in [-0.4, -0.2) is 31.2 Å². The van der Waals surface area contributed by atoms with Crippen LogP contribution in [0.25, 0.3) is 0 Å². The molecular weight excluding hydrogens is 176 g/mol. The van der Waals surface area contributed by atoms with E-state index in [0.29, 0.717) is 0 Å². The monoisotopic (exact) mass is 186 g/mol. The minimum Gasteiger partial charge on any atom is -0.260 e. The summed E-state index contributed by atoms with van der Waals surface area (Å²) in [6, 6.07) is 0. The molecule has 7 heteroatoms. The van der Waals surface area contributed by atoms with E-state index in [-0.39, 0.29) is 12.3 Å². The van der Waals surface area contributed by atoms with Gasteiger partial charge in [-0.2, -0.15) is 8.42 Å². The normalized spacial score (nSPS) is 15.0. The van der Waals surface area contributed by atoms with Crippen LogP contribution >= 0.6 is 0 Å². The van der Waals surface area contributed by atoms with E-state index in [0.717, 1.165) is 0 Å². The SMILES string of the molecule is CS(=O)CCNS(N)(=O)=O. The molecule has 0 heterocycles. The topological polar surface area (TPSA) is 89.3 Å². The van der Waals surface area contributed by atoms with Crippen LogP contribution < -0.4 is 9.86 Å². The second-order valence-corrected chi connectivity index (χ2v) is 4.65. The Kier molecular flexibility index (Phi) is 4.02. The maximum atomic E-state index is 10.4. The largest absolute Gasteiger partial charge is 0.274 e. The highest BCUT2D eigenvalue weighted by Gasteiger charge is 1.99. The number of hydrogen-bond donors (Lipinski definition) is 2. The first-order valence-corrected chi connectivity index (χ1v) is 5.76. The van der Waals surface area contributed by atoms with Gasteiger partial charge in [-0.1, -0.05) is 0 Å². The van der Waals surface area contributed by atoms with Crippen LogP contribution in [0.2, 0.25) is 0 Å². The van der Waals surface area contributed by atoms with Gasteiger partial charge in [0.15, 0.2) is 0 Å². The van der Waals surface area contributed by atoms with Crippen molar-refractivity contribution in [2.75, 3.05) is 18.6 Å². The van der Waals surface area contributed by atoms with Gasteiger partial charge in [0.05, 0.1) is 0 Å². The van der Waals surface area contributed by atoms with Crippen molar-refractivity contribution in [3.63, 3.8) is 0 Å². The maximum Gasteiger partial charge on any atom is 0.274 e. The Labute approximate surface area is 62.6 Å². The Morgan fingerprint density at radius 1 is 1.60 bits per heavy atom. The molecule has 0 spiro atoms. The van der Waals surface area contributed by atoms with Crippen molar-refractivity contribution >= 4 is 21.0 Å². The lowest BCUT2D eigenvalue weighted by Crippen LogP contribution is -2.33. The average Bonchev–Trinajstić information content (AvgIpc) is 1.59. The lowest BCUT2D eigenvalue weighted by atomic mass is 10.8. The van der Waals surface area contributed by atoms with Gasteiger partial charge in [0.1, 0.15) is 0 Å². The van der Waals surface area contributed by atoms with Gasteiger partial charge in [-0.15, -0.1) is 0 Å². The van der Waals surface area contributed by atoms with Crippen LogP contribution in [0.5, 0.6) is 0 Å². The van der Waals surface area contributed by atoms with Gasteiger partial charge in [0.2, 0.25) is 0 Å². The molecule has 1 unspecified atom stereocenters. The van der Waals surface area contributed by atoms with Crippen LogP contribution in [0.3, 0.4) is 0 Å². The minimum absolute atomic E-state index is 0.127. The Morgan fingerprint density at radius 2 is 2.10 bits per heavy atom. The molecule has 0 aliphatic heterocycles. The molecule has 0 fully saturated rings. The third-order valence-electron chi connectivity index (χ3n) is 0.693. The molecular formula is C3H10N2O3S2. The van der Waals surface area contributed by atoms with Gasteiger partial charge < -0.3 is 0 Å². The number of hydrogen-bond acceptors (Lipinski definition) is 3. The Morgan fingerprint density at radius 3 is 2.40 bits per heavy atom. The third-order valence-corrected chi connectivity index (χ3v) is 2.08. The molecule has 0 rings (SSSR count). The molecule has 1 atom stereocenters. The third kappa shape index (κ3) is 8.02. The minimum atomic E-state index is -3.60. The summed E-state index contributed by atoms with van der Waals surface area (Å²) < 4.78 is 32.7. The predicted octanol–water partition coefficient (Wildman–Crippen LogP) is -1.84. The van der Waals surface area contributed by atoms with Gasteiger partial charge in [0.25, 0.3) is 10.2 Å². The highest BCUT2D eigenvalue weighted by Crippen LogP contribution is 1.72. The summed E-state index contributed by atoms with van der Waals surface area (Å²) in [4.78, 5) is 0. The van der Waals surface area contributed by atoms with E-state index >= 15 is 0 Å². The van der Waals surface area contributed by atoms with Crippen LogP contribution in [0.1, 0.15) is 0 Å². The molecule has 0 amide bonds. The van der Waals surface area contributed by atoms with Gasteiger partial charge in [0, 0.05) is 29.4 Å². The fourth-order valence-corrected chi connectivity index (χ4v) is 1.23. The Bertz CT molecular complexity index is 210. The van der Waals surface area contributed by atoms with E-state index in [1.165, 1.54) is 6.26 Å². The van der Waals surface area contributed by atoms with E-state index in [4.69, 9.17) is 0 Å². The zero-order chi connectivity index (χ0) is 8.20. The number of nitrogens with one attached hydrogen (secondary N) is 1. The van der Waals surface area contributed by atoms with Crippen molar-refractivity contribution in [3.05, 3.63) is 0 Å². The van der Waals surface area contributed by atoms with E-state index < -0.39 is 21.0 Å². The van der Waals surface area contributed by atoms with Crippen molar-refractivity contribution in [1.82, 2.24) is 4.72 Å². The van der Waals surface area contributed by atoms with Gasteiger partial charge in [-0.05, 0) is 0 Å². The Hall–Kier alpha value is 0.0200.